The van der Waals surface area contributed by atoms with E-state index in [4.69, 9.17) is 0 Å². The molecule has 340 valence electrons. The predicted molar refractivity (Wildman–Crippen MR) is 291 cm³/mol. The molecule has 0 aliphatic heterocycles. The summed E-state index contributed by atoms with van der Waals surface area (Å²) in [6.45, 7) is 18.2. The number of hydrogen-bond acceptors (Lipinski definition) is 0. The summed E-state index contributed by atoms with van der Waals surface area (Å²) in [6, 6.07) is 60.0. The van der Waals surface area contributed by atoms with Crippen LogP contribution < -0.4 is 0 Å². The van der Waals surface area contributed by atoms with Crippen LogP contribution in [0.3, 0.4) is 0 Å². The molecule has 0 N–H and O–H groups in total. The van der Waals surface area contributed by atoms with Crippen LogP contribution in [0.4, 0.5) is 0 Å². The fourth-order valence-corrected chi connectivity index (χ4v) is 12.0. The topological polar surface area (TPSA) is 0 Å². The van der Waals surface area contributed by atoms with E-state index in [1.807, 2.05) is 0 Å². The maximum absolute atomic E-state index is 2.70. The van der Waals surface area contributed by atoms with Gasteiger partial charge >= 0.3 is 0 Å². The third-order valence-electron chi connectivity index (χ3n) is 15.9. The molecule has 2 atom stereocenters. The van der Waals surface area contributed by atoms with Gasteiger partial charge in [0, 0.05) is 0 Å². The van der Waals surface area contributed by atoms with Gasteiger partial charge in [-0.1, -0.05) is 203 Å². The number of fused-ring (bicyclic) bond motifs is 4. The van der Waals surface area contributed by atoms with Gasteiger partial charge in [-0.15, -0.1) is 0 Å². The first-order chi connectivity index (χ1) is 32.6. The molecule has 0 spiro atoms. The highest BCUT2D eigenvalue weighted by molar-refractivity contribution is 5.86. The molecule has 67 heavy (non-hydrogen) atoms. The molecule has 0 heteroatoms. The van der Waals surface area contributed by atoms with E-state index in [0.29, 0.717) is 5.92 Å². The van der Waals surface area contributed by atoms with Crippen molar-refractivity contribution in [3.8, 4) is 44.5 Å². The van der Waals surface area contributed by atoms with Crippen LogP contribution in [0.25, 0.3) is 55.3 Å². The molecule has 1 fully saturated rings. The Morgan fingerprint density at radius 1 is 0.478 bits per heavy atom. The molecule has 8 aromatic rings. The Bertz CT molecular complexity index is 2930. The second-order valence-electron chi connectivity index (χ2n) is 20.5. The molecule has 1 saturated carbocycles. The van der Waals surface area contributed by atoms with Gasteiger partial charge in [-0.3, -0.25) is 0 Å². The molecular formula is C67H72. The van der Waals surface area contributed by atoms with Crippen LogP contribution in [0, 0.1) is 27.7 Å². The van der Waals surface area contributed by atoms with Gasteiger partial charge in [-0.25, -0.2) is 0 Å². The van der Waals surface area contributed by atoms with Crippen LogP contribution in [-0.4, -0.2) is 0 Å². The van der Waals surface area contributed by atoms with E-state index in [9.17, 15) is 0 Å². The van der Waals surface area contributed by atoms with Crippen molar-refractivity contribution >= 4 is 10.8 Å². The molecule has 12 rings (SSSR count). The smallest absolute Gasteiger partial charge is 0.0108 e. The fraction of sp³-hybridized carbons (Fsp3) is 0.313. The van der Waals surface area contributed by atoms with E-state index < -0.39 is 0 Å². The van der Waals surface area contributed by atoms with E-state index in [2.05, 4.69) is 219 Å². The maximum Gasteiger partial charge on any atom is -0.0108 e. The van der Waals surface area contributed by atoms with Crippen LogP contribution in [0.15, 0.2) is 164 Å². The summed E-state index contributed by atoms with van der Waals surface area (Å²) >= 11 is 0. The summed E-state index contributed by atoms with van der Waals surface area (Å²) in [6.07, 6.45) is 11.1. The van der Waals surface area contributed by atoms with Crippen molar-refractivity contribution in [3.05, 3.63) is 214 Å². The Morgan fingerprint density at radius 3 is 1.66 bits per heavy atom. The van der Waals surface area contributed by atoms with Gasteiger partial charge in [-0.05, 0) is 202 Å². The second-order valence-corrected chi connectivity index (χ2v) is 20.5. The van der Waals surface area contributed by atoms with Gasteiger partial charge in [0.15, 0.2) is 0 Å². The monoisotopic (exact) mass is 877 g/mol. The molecule has 4 aliphatic carbocycles. The molecule has 4 aliphatic rings. The second kappa shape index (κ2) is 20.5. The van der Waals surface area contributed by atoms with Gasteiger partial charge in [0.2, 0.25) is 0 Å². The van der Waals surface area contributed by atoms with Crippen LogP contribution in [0.5, 0.6) is 0 Å². The van der Waals surface area contributed by atoms with Gasteiger partial charge in [0.25, 0.3) is 0 Å². The number of rotatable bonds is 7. The predicted octanol–water partition coefficient (Wildman–Crippen LogP) is 19.8. The fourth-order valence-electron chi connectivity index (χ4n) is 12.0. The van der Waals surface area contributed by atoms with Crippen LogP contribution in [0.2, 0.25) is 0 Å². The molecule has 0 saturated heterocycles. The molecule has 8 aromatic carbocycles. The number of aryl methyl sites for hydroxylation is 2. The average Bonchev–Trinajstić information content (AvgIpc) is 3.36. The molecule has 0 aromatic heterocycles. The Morgan fingerprint density at radius 2 is 1.03 bits per heavy atom. The van der Waals surface area contributed by atoms with Gasteiger partial charge in [0.1, 0.15) is 0 Å². The summed E-state index contributed by atoms with van der Waals surface area (Å²) in [5.74, 6) is 3.69. The van der Waals surface area contributed by atoms with Crippen LogP contribution >= 0.6 is 0 Å². The van der Waals surface area contributed by atoms with Gasteiger partial charge in [0.05, 0.1) is 0 Å². The van der Waals surface area contributed by atoms with Crippen molar-refractivity contribution in [1.82, 2.24) is 0 Å². The molecule has 0 nitrogen and oxygen atoms in total. The Hall–Kier alpha value is -5.98. The van der Waals surface area contributed by atoms with E-state index in [-0.39, 0.29) is 0 Å². The lowest BCUT2D eigenvalue weighted by atomic mass is 9.61. The first-order valence-corrected chi connectivity index (χ1v) is 25.7. The summed E-state index contributed by atoms with van der Waals surface area (Å²) in [5, 5.41) is 2.68. The zero-order valence-corrected chi connectivity index (χ0v) is 41.6. The van der Waals surface area contributed by atoms with Gasteiger partial charge in [-0.2, -0.15) is 0 Å². The van der Waals surface area contributed by atoms with E-state index in [1.165, 1.54) is 129 Å². The average molecular weight is 877 g/mol. The highest BCUT2D eigenvalue weighted by Crippen LogP contribution is 2.57. The normalized spacial score (nSPS) is 18.0. The lowest BCUT2D eigenvalue weighted by Crippen LogP contribution is -2.26. The lowest BCUT2D eigenvalue weighted by Gasteiger charge is -2.43. The van der Waals surface area contributed by atoms with Gasteiger partial charge < -0.3 is 0 Å². The van der Waals surface area contributed by atoms with Crippen molar-refractivity contribution in [2.24, 2.45) is 0 Å². The van der Waals surface area contributed by atoms with Crippen molar-refractivity contribution in [2.75, 3.05) is 0 Å². The first kappa shape index (κ1) is 46.1. The number of benzene rings is 8. The third-order valence-corrected chi connectivity index (χ3v) is 15.9. The molecule has 2 unspecified atom stereocenters. The molecule has 2 bridgehead atoms. The van der Waals surface area contributed by atoms with Crippen molar-refractivity contribution in [1.29, 1.82) is 0 Å². The van der Waals surface area contributed by atoms with E-state index in [0.717, 1.165) is 23.7 Å². The molecule has 0 heterocycles. The summed E-state index contributed by atoms with van der Waals surface area (Å²) in [4.78, 5) is 0. The molecular weight excluding hydrogens is 805 g/mol. The largest absolute Gasteiger partial charge is 0.0654 e. The summed E-state index contributed by atoms with van der Waals surface area (Å²) < 4.78 is 0. The quantitative estimate of drug-likeness (QED) is 0.150. The first-order valence-electron chi connectivity index (χ1n) is 25.7. The lowest BCUT2D eigenvalue weighted by molar-refractivity contribution is 0.357. The van der Waals surface area contributed by atoms with Crippen molar-refractivity contribution < 1.29 is 0 Å². The van der Waals surface area contributed by atoms with Crippen LogP contribution in [0.1, 0.15) is 159 Å². The zero-order chi connectivity index (χ0) is 46.6. The van der Waals surface area contributed by atoms with Crippen LogP contribution in [-0.2, 0) is 0 Å². The van der Waals surface area contributed by atoms with E-state index >= 15 is 0 Å². The SMILES string of the molecule is CCCC1CCC(C)c2cc3c(c(-c4ccc(C)cc4)c21)C1CCC3CC1.Cc1c(-c2ccccc2)cccc1-c1cccc(-c2ccc(C(C)C)cc2)c1C.Cc1cccc2ccccc12. The standard InChI is InChI=1S/C29H28.C27H34.C11H10/c1-20(2)23-16-18-25(19-17-23)27-13-9-15-29(22(27)4)28-14-8-12-26(21(28)3)24-10-6-5-7-11-24;1-4-5-20-11-8-18(3)23-16-24-19-12-14-21(15-13-19)26(24)27(25(20)23)22-9-6-17(2)7-10-22;1-9-5-4-7-10-6-2-3-8-11(9)10/h5-20H,1-4H3;6-7,9-10,16,18-21H,4-5,8,11-15H2,1-3H3;2-8H,1H3. The Balaban J connectivity index is 0.000000137. The highest BCUT2D eigenvalue weighted by atomic mass is 14.4. The summed E-state index contributed by atoms with van der Waals surface area (Å²) in [5.41, 5.74) is 24.7. The summed E-state index contributed by atoms with van der Waals surface area (Å²) in [7, 11) is 0. The minimum atomic E-state index is 0.555. The number of hydrogen-bond donors (Lipinski definition) is 0. The Kier molecular flexibility index (Phi) is 14.1. The zero-order valence-electron chi connectivity index (χ0n) is 41.6. The van der Waals surface area contributed by atoms with E-state index in [1.54, 1.807) is 27.8 Å². The van der Waals surface area contributed by atoms with Crippen molar-refractivity contribution in [2.45, 2.75) is 136 Å². The Labute approximate surface area is 403 Å². The maximum atomic E-state index is 2.70. The molecule has 0 radical (unpaired) electrons. The van der Waals surface area contributed by atoms with Crippen molar-refractivity contribution in [3.63, 3.8) is 0 Å². The minimum Gasteiger partial charge on any atom is -0.0654 e. The third kappa shape index (κ3) is 9.61. The molecule has 0 amide bonds. The minimum absolute atomic E-state index is 0.555. The highest BCUT2D eigenvalue weighted by Gasteiger charge is 2.39.